The number of benzene rings is 1. The largest absolute Gasteiger partial charge is 0.486 e. The number of hydrogen-bond acceptors (Lipinski definition) is 5. The molecular formula is C25H40IN3O4. The lowest BCUT2D eigenvalue weighted by molar-refractivity contribution is 0.0536. The molecule has 2 heterocycles. The minimum atomic E-state index is 0. The molecule has 1 unspecified atom stereocenters. The minimum absolute atomic E-state index is 0. The van der Waals surface area contributed by atoms with Crippen LogP contribution in [0.3, 0.4) is 0 Å². The molecule has 8 heteroatoms. The van der Waals surface area contributed by atoms with E-state index in [1.807, 2.05) is 0 Å². The van der Waals surface area contributed by atoms with Crippen LogP contribution in [0.2, 0.25) is 0 Å². The zero-order valence-electron chi connectivity index (χ0n) is 20.1. The van der Waals surface area contributed by atoms with E-state index in [-0.39, 0.29) is 29.4 Å². The average Bonchev–Trinajstić information content (AvgIpc) is 3.50. The predicted octanol–water partition coefficient (Wildman–Crippen LogP) is 3.84. The van der Waals surface area contributed by atoms with E-state index in [9.17, 15) is 0 Å². The van der Waals surface area contributed by atoms with E-state index in [0.717, 1.165) is 56.7 Å². The maximum absolute atomic E-state index is 5.87. The Kier molecular flexibility index (Phi) is 10.4. The van der Waals surface area contributed by atoms with Gasteiger partial charge in [0.2, 0.25) is 0 Å². The van der Waals surface area contributed by atoms with Crippen molar-refractivity contribution in [1.82, 2.24) is 10.2 Å². The lowest BCUT2D eigenvalue weighted by Gasteiger charge is -2.31. The van der Waals surface area contributed by atoms with Crippen molar-refractivity contribution in [1.29, 1.82) is 0 Å². The maximum Gasteiger partial charge on any atom is 0.193 e. The second-order valence-corrected chi connectivity index (χ2v) is 9.18. The van der Waals surface area contributed by atoms with Crippen LogP contribution in [0.15, 0.2) is 23.2 Å². The van der Waals surface area contributed by atoms with E-state index < -0.39 is 0 Å². The van der Waals surface area contributed by atoms with Crippen LogP contribution in [0.1, 0.15) is 44.6 Å². The van der Waals surface area contributed by atoms with Crippen molar-refractivity contribution in [3.63, 3.8) is 0 Å². The van der Waals surface area contributed by atoms with Crippen LogP contribution in [0.4, 0.5) is 0 Å². The number of hydrogen-bond donors (Lipinski definition) is 1. The molecule has 0 spiro atoms. The van der Waals surface area contributed by atoms with Gasteiger partial charge in [-0.3, -0.25) is 4.99 Å². The number of fused-ring (bicyclic) bond motifs is 1. The summed E-state index contributed by atoms with van der Waals surface area (Å²) in [6.07, 6.45) is 6.00. The van der Waals surface area contributed by atoms with Gasteiger partial charge in [-0.2, -0.15) is 0 Å². The zero-order valence-corrected chi connectivity index (χ0v) is 22.5. The topological polar surface area (TPSA) is 64.6 Å². The maximum atomic E-state index is 5.87. The molecule has 186 valence electrons. The minimum Gasteiger partial charge on any atom is -0.486 e. The van der Waals surface area contributed by atoms with Crippen molar-refractivity contribution >= 4 is 29.9 Å². The third kappa shape index (κ3) is 6.66. The summed E-state index contributed by atoms with van der Waals surface area (Å²) in [6.45, 7) is 9.21. The molecule has 33 heavy (non-hydrogen) atoms. The van der Waals surface area contributed by atoms with E-state index in [1.54, 1.807) is 7.11 Å². The lowest BCUT2D eigenvalue weighted by atomic mass is 9.79. The van der Waals surface area contributed by atoms with E-state index in [4.69, 9.17) is 23.9 Å². The fraction of sp³-hybridized carbons (Fsp3) is 0.720. The average molecular weight is 574 g/mol. The Morgan fingerprint density at radius 2 is 1.97 bits per heavy atom. The van der Waals surface area contributed by atoms with Gasteiger partial charge >= 0.3 is 0 Å². The molecule has 2 aliphatic heterocycles. The van der Waals surface area contributed by atoms with E-state index >= 15 is 0 Å². The number of aliphatic imine (C=N–C) groups is 1. The first-order valence-corrected chi connectivity index (χ1v) is 12.2. The Labute approximate surface area is 215 Å². The van der Waals surface area contributed by atoms with Crippen LogP contribution in [0.25, 0.3) is 0 Å². The highest BCUT2D eigenvalue weighted by Crippen LogP contribution is 2.44. The Morgan fingerprint density at radius 3 is 2.73 bits per heavy atom. The highest BCUT2D eigenvalue weighted by Gasteiger charge is 2.37. The third-order valence-electron chi connectivity index (χ3n) is 6.95. The van der Waals surface area contributed by atoms with Gasteiger partial charge in [-0.05, 0) is 43.9 Å². The normalized spacial score (nSPS) is 21.7. The van der Waals surface area contributed by atoms with Crippen LogP contribution >= 0.6 is 24.0 Å². The molecule has 3 aliphatic rings. The fourth-order valence-corrected chi connectivity index (χ4v) is 5.17. The highest BCUT2D eigenvalue weighted by molar-refractivity contribution is 14.0. The van der Waals surface area contributed by atoms with Gasteiger partial charge < -0.3 is 29.2 Å². The standard InChI is InChI=1S/C25H39N3O4.HI/c1-3-26-24(28-11-8-20(17-28)18-30-13-12-29-2)27-19-25(9-4-5-10-25)21-6-7-22-23(16-21)32-15-14-31-22;/h6-7,16,20H,3-5,8-15,17-19H2,1-2H3,(H,26,27);1H. The molecule has 0 radical (unpaired) electrons. The molecule has 1 N–H and O–H groups in total. The van der Waals surface area contributed by atoms with Crippen molar-refractivity contribution in [3.05, 3.63) is 23.8 Å². The Bertz CT molecular complexity index is 770. The van der Waals surface area contributed by atoms with Gasteiger partial charge in [0.05, 0.1) is 26.4 Å². The van der Waals surface area contributed by atoms with Crippen molar-refractivity contribution in [2.24, 2.45) is 10.9 Å². The molecule has 0 amide bonds. The Balaban J connectivity index is 0.00000306. The number of nitrogens with one attached hydrogen (secondary N) is 1. The summed E-state index contributed by atoms with van der Waals surface area (Å²) in [7, 11) is 1.71. The lowest BCUT2D eigenvalue weighted by Crippen LogP contribution is -2.41. The smallest absolute Gasteiger partial charge is 0.193 e. The molecule has 1 saturated carbocycles. The first-order valence-electron chi connectivity index (χ1n) is 12.2. The van der Waals surface area contributed by atoms with Crippen LogP contribution in [-0.4, -0.2) is 77.2 Å². The molecule has 1 aromatic rings. The Morgan fingerprint density at radius 1 is 1.18 bits per heavy atom. The molecule has 1 saturated heterocycles. The van der Waals surface area contributed by atoms with Gasteiger partial charge in [-0.1, -0.05) is 18.9 Å². The molecule has 1 aliphatic carbocycles. The summed E-state index contributed by atoms with van der Waals surface area (Å²) in [5.41, 5.74) is 1.42. The van der Waals surface area contributed by atoms with Gasteiger partial charge in [-0.25, -0.2) is 0 Å². The fourth-order valence-electron chi connectivity index (χ4n) is 5.17. The Hall–Kier alpha value is -1.26. The first-order chi connectivity index (χ1) is 15.7. The van der Waals surface area contributed by atoms with Crippen molar-refractivity contribution in [2.45, 2.75) is 44.4 Å². The second kappa shape index (κ2) is 13.0. The first kappa shape index (κ1) is 26.3. The third-order valence-corrected chi connectivity index (χ3v) is 6.95. The van der Waals surface area contributed by atoms with Crippen LogP contribution < -0.4 is 14.8 Å². The number of guanidine groups is 1. The van der Waals surface area contributed by atoms with Gasteiger partial charge in [0.15, 0.2) is 17.5 Å². The number of ether oxygens (including phenoxy) is 4. The number of nitrogens with zero attached hydrogens (tertiary/aromatic N) is 2. The number of halogens is 1. The second-order valence-electron chi connectivity index (χ2n) is 9.18. The molecule has 4 rings (SSSR count). The van der Waals surface area contributed by atoms with Crippen LogP contribution in [-0.2, 0) is 14.9 Å². The SMILES string of the molecule is CCNC(=NCC1(c2ccc3c(c2)OCCO3)CCCC1)N1CCC(COCCOC)C1.I. The quantitative estimate of drug-likeness (QED) is 0.210. The molecule has 7 nitrogen and oxygen atoms in total. The van der Waals surface area contributed by atoms with Crippen molar-refractivity contribution in [3.8, 4) is 11.5 Å². The van der Waals surface area contributed by atoms with Crippen molar-refractivity contribution < 1.29 is 18.9 Å². The molecule has 1 atom stereocenters. The summed E-state index contributed by atoms with van der Waals surface area (Å²) in [5, 5.41) is 3.53. The zero-order chi connectivity index (χ0) is 22.2. The summed E-state index contributed by atoms with van der Waals surface area (Å²) in [4.78, 5) is 7.58. The highest BCUT2D eigenvalue weighted by atomic mass is 127. The predicted molar refractivity (Wildman–Crippen MR) is 141 cm³/mol. The van der Waals surface area contributed by atoms with Gasteiger partial charge in [0.1, 0.15) is 13.2 Å². The monoisotopic (exact) mass is 573 g/mol. The van der Waals surface area contributed by atoms with Crippen molar-refractivity contribution in [2.75, 3.05) is 66.3 Å². The summed E-state index contributed by atoms with van der Waals surface area (Å²) >= 11 is 0. The number of likely N-dealkylation sites (tertiary alicyclic amines) is 1. The van der Waals surface area contributed by atoms with E-state index in [1.165, 1.54) is 31.2 Å². The summed E-state index contributed by atoms with van der Waals surface area (Å²) < 4.78 is 22.5. The van der Waals surface area contributed by atoms with E-state index in [2.05, 4.69) is 35.3 Å². The van der Waals surface area contributed by atoms with Gasteiger partial charge in [0, 0.05) is 38.1 Å². The molecule has 0 aromatic heterocycles. The van der Waals surface area contributed by atoms with Gasteiger partial charge in [0.25, 0.3) is 0 Å². The van der Waals surface area contributed by atoms with E-state index in [0.29, 0.717) is 32.3 Å². The molecule has 1 aromatic carbocycles. The molecule has 0 bridgehead atoms. The van der Waals surface area contributed by atoms with Crippen LogP contribution in [0.5, 0.6) is 11.5 Å². The van der Waals surface area contributed by atoms with Crippen LogP contribution in [0, 0.1) is 5.92 Å². The van der Waals surface area contributed by atoms with Gasteiger partial charge in [-0.15, -0.1) is 24.0 Å². The summed E-state index contributed by atoms with van der Waals surface area (Å²) in [5.74, 6) is 3.33. The number of methoxy groups -OCH3 is 1. The summed E-state index contributed by atoms with van der Waals surface area (Å²) in [6, 6.07) is 6.50. The molecule has 2 fully saturated rings. The molecular weight excluding hydrogens is 533 g/mol. The number of rotatable bonds is 9.